The number of ether oxygens (including phenoxy) is 3. The van der Waals surface area contributed by atoms with Gasteiger partial charge in [-0.3, -0.25) is 9.59 Å². The minimum atomic E-state index is -1.58. The van der Waals surface area contributed by atoms with Crippen LogP contribution in [0.4, 0.5) is 5.00 Å². The van der Waals surface area contributed by atoms with E-state index in [1.807, 2.05) is 18.2 Å². The molecule has 0 saturated heterocycles. The molecule has 0 radical (unpaired) electrons. The Kier molecular flexibility index (Phi) is 7.03. The van der Waals surface area contributed by atoms with E-state index in [0.29, 0.717) is 23.5 Å². The lowest BCUT2D eigenvalue weighted by Crippen LogP contribution is -2.34. The van der Waals surface area contributed by atoms with Crippen LogP contribution in [-0.4, -0.2) is 41.0 Å². The highest BCUT2D eigenvalue weighted by Crippen LogP contribution is 2.37. The van der Waals surface area contributed by atoms with Gasteiger partial charge < -0.3 is 29.4 Å². The number of aromatic nitrogens is 2. The molecule has 0 fully saturated rings. The Hall–Kier alpha value is -4.71. The van der Waals surface area contributed by atoms with Crippen LogP contribution in [0, 0.1) is 6.92 Å². The summed E-state index contributed by atoms with van der Waals surface area (Å²) in [6, 6.07) is 11.6. The van der Waals surface area contributed by atoms with E-state index in [9.17, 15) is 24.3 Å². The second-order valence-electron chi connectivity index (χ2n) is 8.63. The fraction of sp³-hybridized carbons (Fsp3) is 0.222. The van der Waals surface area contributed by atoms with Crippen molar-refractivity contribution < 1.29 is 33.7 Å². The van der Waals surface area contributed by atoms with Gasteiger partial charge in [0.25, 0.3) is 5.56 Å². The summed E-state index contributed by atoms with van der Waals surface area (Å²) >= 11 is 1.21. The van der Waals surface area contributed by atoms with Crippen LogP contribution in [0.2, 0.25) is 0 Å². The van der Waals surface area contributed by atoms with Crippen molar-refractivity contribution in [2.45, 2.75) is 26.8 Å². The summed E-state index contributed by atoms with van der Waals surface area (Å²) < 4.78 is 16.8. The predicted molar refractivity (Wildman–Crippen MR) is 139 cm³/mol. The van der Waals surface area contributed by atoms with Crippen LogP contribution in [0.5, 0.6) is 11.5 Å². The summed E-state index contributed by atoms with van der Waals surface area (Å²) in [5, 5.41) is 18.6. The highest BCUT2D eigenvalue weighted by atomic mass is 32.1. The molecule has 5 rings (SSSR count). The lowest BCUT2D eigenvalue weighted by molar-refractivity contribution is -0.255. The second-order valence-corrected chi connectivity index (χ2v) is 9.74. The predicted octanol–water partition coefficient (Wildman–Crippen LogP) is 2.26. The smallest absolute Gasteiger partial charge is 0.341 e. The van der Waals surface area contributed by atoms with Crippen molar-refractivity contribution in [3.8, 4) is 11.5 Å². The standard InChI is InChI=1S/C27H23N3O8S/c1-3-36-27(35)22-14(2)20(11-15-8-9-18-19(10-15)38-13-37-18)39-24(22)28-21(31)12-30-25(32)17-7-5-4-6-16(17)23(29-30)26(33)34/h4-10H,3,11-13H2,1-2H3,(H,28,31)(H,33,34)/p-1. The topological polar surface area (TPSA) is 149 Å². The largest absolute Gasteiger partial charge is 0.543 e. The molecule has 39 heavy (non-hydrogen) atoms. The third kappa shape index (κ3) is 5.06. The molecule has 2 aromatic carbocycles. The zero-order valence-corrected chi connectivity index (χ0v) is 21.8. The van der Waals surface area contributed by atoms with E-state index < -0.39 is 35.6 Å². The van der Waals surface area contributed by atoms with Crippen molar-refractivity contribution in [3.63, 3.8) is 0 Å². The molecular formula is C27H22N3O8S-. The number of carbonyl (C=O) groups excluding carboxylic acids is 3. The minimum Gasteiger partial charge on any atom is -0.543 e. The number of esters is 1. The van der Waals surface area contributed by atoms with Crippen LogP contribution in [0.3, 0.4) is 0 Å². The molecule has 0 spiro atoms. The molecule has 11 nitrogen and oxygen atoms in total. The van der Waals surface area contributed by atoms with Crippen molar-refractivity contribution in [2.75, 3.05) is 18.7 Å². The summed E-state index contributed by atoms with van der Waals surface area (Å²) in [5.41, 5.74) is 0.677. The summed E-state index contributed by atoms with van der Waals surface area (Å²) in [6.45, 7) is 3.15. The molecule has 0 unspecified atom stereocenters. The van der Waals surface area contributed by atoms with Gasteiger partial charge in [-0.05, 0) is 43.2 Å². The number of nitrogens with one attached hydrogen (secondary N) is 1. The Morgan fingerprint density at radius 2 is 1.87 bits per heavy atom. The van der Waals surface area contributed by atoms with Crippen LogP contribution in [0.1, 0.15) is 43.8 Å². The number of fused-ring (bicyclic) bond motifs is 2. The van der Waals surface area contributed by atoms with Gasteiger partial charge in [0.05, 0.1) is 23.5 Å². The van der Waals surface area contributed by atoms with E-state index in [1.165, 1.54) is 23.5 Å². The van der Waals surface area contributed by atoms with Crippen molar-refractivity contribution in [3.05, 3.63) is 80.1 Å². The molecule has 0 saturated carbocycles. The Labute approximate surface area is 225 Å². The Bertz CT molecular complexity index is 1690. The van der Waals surface area contributed by atoms with Gasteiger partial charge in [-0.25, -0.2) is 9.48 Å². The fourth-order valence-electron chi connectivity index (χ4n) is 4.30. The van der Waals surface area contributed by atoms with Crippen molar-refractivity contribution in [2.24, 2.45) is 0 Å². The third-order valence-corrected chi connectivity index (χ3v) is 7.34. The molecule has 3 heterocycles. The van der Waals surface area contributed by atoms with Gasteiger partial charge in [0.2, 0.25) is 12.7 Å². The first-order valence-corrected chi connectivity index (χ1v) is 12.8. The molecule has 0 bridgehead atoms. The highest BCUT2D eigenvalue weighted by Gasteiger charge is 2.25. The van der Waals surface area contributed by atoms with Crippen molar-refractivity contribution >= 4 is 45.0 Å². The molecular weight excluding hydrogens is 526 g/mol. The second kappa shape index (κ2) is 10.6. The molecule has 4 aromatic rings. The normalized spacial score (nSPS) is 11.9. The number of hydrogen-bond donors (Lipinski definition) is 1. The molecule has 200 valence electrons. The Morgan fingerprint density at radius 1 is 1.13 bits per heavy atom. The number of carboxylic acids is 1. The highest BCUT2D eigenvalue weighted by molar-refractivity contribution is 7.17. The van der Waals surface area contributed by atoms with E-state index in [0.717, 1.165) is 15.1 Å². The van der Waals surface area contributed by atoms with Crippen molar-refractivity contribution in [1.82, 2.24) is 9.78 Å². The number of carbonyl (C=O) groups is 3. The monoisotopic (exact) mass is 548 g/mol. The molecule has 1 N–H and O–H groups in total. The maximum Gasteiger partial charge on any atom is 0.341 e. The number of carboxylic acid groups (broad SMARTS) is 1. The number of amides is 1. The van der Waals surface area contributed by atoms with E-state index in [2.05, 4.69) is 10.4 Å². The number of aromatic carboxylic acids is 1. The molecule has 0 atom stereocenters. The number of anilines is 1. The molecule has 0 aliphatic carbocycles. The molecule has 1 aliphatic heterocycles. The number of rotatable bonds is 8. The first-order chi connectivity index (χ1) is 18.8. The summed E-state index contributed by atoms with van der Waals surface area (Å²) in [7, 11) is 0. The van der Waals surface area contributed by atoms with E-state index in [4.69, 9.17) is 14.2 Å². The minimum absolute atomic E-state index is 0.0877. The quantitative estimate of drug-likeness (QED) is 0.327. The lowest BCUT2D eigenvalue weighted by atomic mass is 10.1. The summed E-state index contributed by atoms with van der Waals surface area (Å²) in [5.74, 6) is -1.57. The van der Waals surface area contributed by atoms with Crippen LogP contribution in [0.25, 0.3) is 10.8 Å². The number of benzene rings is 2. The average molecular weight is 549 g/mol. The number of thiophene rings is 1. The number of hydrogen-bond acceptors (Lipinski definition) is 10. The van der Waals surface area contributed by atoms with Crippen LogP contribution < -0.4 is 25.5 Å². The van der Waals surface area contributed by atoms with Gasteiger partial charge in [-0.1, -0.05) is 24.3 Å². The van der Waals surface area contributed by atoms with Gasteiger partial charge in [-0.15, -0.1) is 11.3 Å². The van der Waals surface area contributed by atoms with E-state index in [1.54, 1.807) is 26.0 Å². The molecule has 1 amide bonds. The van der Waals surface area contributed by atoms with E-state index >= 15 is 0 Å². The average Bonchev–Trinajstić information content (AvgIpc) is 3.49. The third-order valence-electron chi connectivity index (χ3n) is 6.13. The molecule has 12 heteroatoms. The fourth-order valence-corrected chi connectivity index (χ4v) is 5.54. The maximum atomic E-state index is 13.0. The SMILES string of the molecule is CCOC(=O)c1c(NC(=O)Cn2nc(C(=O)[O-])c3ccccc3c2=O)sc(Cc2ccc3c(c2)OCO3)c1C. The Morgan fingerprint density at radius 3 is 2.62 bits per heavy atom. The Balaban J connectivity index is 1.45. The molecule has 1 aliphatic rings. The maximum absolute atomic E-state index is 13.0. The lowest BCUT2D eigenvalue weighted by Gasteiger charge is -2.12. The zero-order valence-electron chi connectivity index (χ0n) is 20.9. The van der Waals surface area contributed by atoms with Gasteiger partial charge in [0, 0.05) is 16.7 Å². The first kappa shape index (κ1) is 25.9. The van der Waals surface area contributed by atoms with Crippen LogP contribution in [0.15, 0.2) is 47.3 Å². The number of nitrogens with zero attached hydrogens (tertiary/aromatic N) is 2. The van der Waals surface area contributed by atoms with E-state index in [-0.39, 0.29) is 34.7 Å². The van der Waals surface area contributed by atoms with Crippen LogP contribution in [-0.2, 0) is 22.5 Å². The summed E-state index contributed by atoms with van der Waals surface area (Å²) in [4.78, 5) is 51.2. The zero-order chi connectivity index (χ0) is 27.7. The van der Waals surface area contributed by atoms with Gasteiger partial charge in [0.1, 0.15) is 17.2 Å². The van der Waals surface area contributed by atoms with Gasteiger partial charge in [0.15, 0.2) is 11.5 Å². The van der Waals surface area contributed by atoms with Crippen molar-refractivity contribution in [1.29, 1.82) is 0 Å². The van der Waals surface area contributed by atoms with Crippen LogP contribution >= 0.6 is 11.3 Å². The van der Waals surface area contributed by atoms with Gasteiger partial charge >= 0.3 is 5.97 Å². The molecule has 2 aromatic heterocycles. The van der Waals surface area contributed by atoms with Gasteiger partial charge in [-0.2, -0.15) is 5.10 Å². The summed E-state index contributed by atoms with van der Waals surface area (Å²) in [6.07, 6.45) is 0.454. The first-order valence-electron chi connectivity index (χ1n) is 12.0.